The molecule has 4 nitrogen and oxygen atoms in total. The van der Waals surface area contributed by atoms with Crippen LogP contribution in [0.1, 0.15) is 5.56 Å². The maximum absolute atomic E-state index is 6.30. The fraction of sp³-hybridized carbons (Fsp3) is 0.133. The van der Waals surface area contributed by atoms with E-state index >= 15 is 0 Å². The van der Waals surface area contributed by atoms with Gasteiger partial charge in [-0.3, -0.25) is 0 Å². The molecule has 0 fully saturated rings. The molecule has 102 valence electrons. The number of anilines is 1. The van der Waals surface area contributed by atoms with Crippen LogP contribution >= 0.6 is 11.6 Å². The zero-order chi connectivity index (χ0) is 13.9. The molecular weight excluding hydrogens is 272 g/mol. The predicted molar refractivity (Wildman–Crippen MR) is 81.3 cm³/mol. The lowest BCUT2D eigenvalue weighted by atomic mass is 10.2. The van der Waals surface area contributed by atoms with Crippen molar-refractivity contribution in [1.82, 2.24) is 14.3 Å². The first-order valence-electron chi connectivity index (χ1n) is 6.37. The number of halogens is 1. The number of hydrogen-bond donors (Lipinski definition) is 1. The van der Waals surface area contributed by atoms with Crippen LogP contribution < -0.4 is 5.32 Å². The van der Waals surface area contributed by atoms with Gasteiger partial charge in [-0.25, -0.2) is 4.68 Å². The van der Waals surface area contributed by atoms with Gasteiger partial charge in [-0.05, 0) is 29.8 Å². The van der Waals surface area contributed by atoms with E-state index in [9.17, 15) is 0 Å². The monoisotopic (exact) mass is 286 g/mol. The Hall–Kier alpha value is -2.20. The minimum atomic E-state index is 0.673. The molecule has 2 aromatic heterocycles. The highest BCUT2D eigenvalue weighted by atomic mass is 35.5. The Labute approximate surface area is 122 Å². The highest BCUT2D eigenvalue weighted by Crippen LogP contribution is 2.28. The Balaban J connectivity index is 1.88. The number of nitrogens with one attached hydrogen (secondary N) is 1. The van der Waals surface area contributed by atoms with E-state index in [1.165, 1.54) is 5.56 Å². The van der Waals surface area contributed by atoms with Gasteiger partial charge in [0.15, 0.2) is 0 Å². The van der Waals surface area contributed by atoms with E-state index in [0.717, 1.165) is 17.9 Å². The van der Waals surface area contributed by atoms with Crippen molar-refractivity contribution in [1.29, 1.82) is 0 Å². The van der Waals surface area contributed by atoms with Crippen molar-refractivity contribution in [2.45, 2.75) is 6.54 Å². The molecule has 0 aliphatic carbocycles. The molecule has 5 heteroatoms. The molecule has 0 spiro atoms. The van der Waals surface area contributed by atoms with Crippen LogP contribution in [0, 0.1) is 0 Å². The number of aryl methyl sites for hydroxylation is 1. The summed E-state index contributed by atoms with van der Waals surface area (Å²) in [5.74, 6) is 0. The van der Waals surface area contributed by atoms with Gasteiger partial charge in [-0.2, -0.15) is 5.10 Å². The number of nitrogens with zero attached hydrogens (tertiary/aromatic N) is 3. The van der Waals surface area contributed by atoms with Crippen molar-refractivity contribution in [2.75, 3.05) is 5.32 Å². The predicted octanol–water partition coefficient (Wildman–Crippen LogP) is 3.48. The minimum Gasteiger partial charge on any atom is -0.379 e. The summed E-state index contributed by atoms with van der Waals surface area (Å²) in [6, 6.07) is 9.77. The van der Waals surface area contributed by atoms with Gasteiger partial charge in [0.1, 0.15) is 5.69 Å². The van der Waals surface area contributed by atoms with Gasteiger partial charge in [0.25, 0.3) is 0 Å². The summed E-state index contributed by atoms with van der Waals surface area (Å²) in [7, 11) is 2.01. The summed E-state index contributed by atoms with van der Waals surface area (Å²) in [5.41, 5.74) is 3.05. The molecule has 20 heavy (non-hydrogen) atoms. The number of hydrogen-bond acceptors (Lipinski definition) is 2. The van der Waals surface area contributed by atoms with Gasteiger partial charge in [-0.1, -0.05) is 17.7 Å². The lowest BCUT2D eigenvalue weighted by Crippen LogP contribution is -2.05. The average Bonchev–Trinajstić information content (AvgIpc) is 3.08. The number of para-hydroxylation sites is 1. The van der Waals surface area contributed by atoms with Gasteiger partial charge in [-0.15, -0.1) is 0 Å². The summed E-state index contributed by atoms with van der Waals surface area (Å²) in [5, 5.41) is 8.34. The van der Waals surface area contributed by atoms with E-state index in [0.29, 0.717) is 5.02 Å². The lowest BCUT2D eigenvalue weighted by Gasteiger charge is -2.13. The quantitative estimate of drug-likeness (QED) is 0.797. The normalized spacial score (nSPS) is 10.7. The molecule has 0 aliphatic heterocycles. The molecule has 0 atom stereocenters. The van der Waals surface area contributed by atoms with Crippen LogP contribution in [0.15, 0.2) is 55.1 Å². The summed E-state index contributed by atoms with van der Waals surface area (Å²) < 4.78 is 3.80. The molecule has 0 bridgehead atoms. The van der Waals surface area contributed by atoms with Crippen LogP contribution in [0.4, 0.5) is 5.69 Å². The average molecular weight is 287 g/mol. The first-order chi connectivity index (χ1) is 9.74. The van der Waals surface area contributed by atoms with Crippen LogP contribution in [-0.2, 0) is 13.6 Å². The van der Waals surface area contributed by atoms with E-state index in [1.54, 1.807) is 10.9 Å². The number of rotatable bonds is 4. The second-order valence-electron chi connectivity index (χ2n) is 4.63. The zero-order valence-corrected chi connectivity index (χ0v) is 11.9. The second-order valence-corrected chi connectivity index (χ2v) is 5.03. The SMILES string of the molecule is Cn1ccc(CNc2cccc(Cl)c2-n2cccn2)c1. The lowest BCUT2D eigenvalue weighted by molar-refractivity contribution is 0.879. The Morgan fingerprint density at radius 1 is 1.20 bits per heavy atom. The fourth-order valence-corrected chi connectivity index (χ4v) is 2.42. The topological polar surface area (TPSA) is 34.8 Å². The standard InChI is InChI=1S/C15H15ClN4/c1-19-9-6-12(11-19)10-17-14-5-2-4-13(16)15(14)20-8-3-7-18-20/h2-9,11,17H,10H2,1H3. The highest BCUT2D eigenvalue weighted by Gasteiger charge is 2.09. The molecule has 1 N–H and O–H groups in total. The van der Waals surface area contributed by atoms with Crippen molar-refractivity contribution in [3.05, 3.63) is 65.7 Å². The molecule has 3 aromatic rings. The van der Waals surface area contributed by atoms with E-state index in [1.807, 2.05) is 48.3 Å². The summed E-state index contributed by atoms with van der Waals surface area (Å²) in [6.07, 6.45) is 7.74. The summed E-state index contributed by atoms with van der Waals surface area (Å²) >= 11 is 6.30. The van der Waals surface area contributed by atoms with Crippen LogP contribution in [-0.4, -0.2) is 14.3 Å². The van der Waals surface area contributed by atoms with Crippen molar-refractivity contribution in [3.63, 3.8) is 0 Å². The zero-order valence-electron chi connectivity index (χ0n) is 11.1. The molecule has 2 heterocycles. The molecule has 3 rings (SSSR count). The van der Waals surface area contributed by atoms with Crippen LogP contribution in [0.25, 0.3) is 5.69 Å². The third-order valence-electron chi connectivity index (χ3n) is 3.10. The van der Waals surface area contributed by atoms with Gasteiger partial charge in [0, 0.05) is 38.4 Å². The van der Waals surface area contributed by atoms with Crippen molar-refractivity contribution in [2.24, 2.45) is 7.05 Å². The largest absolute Gasteiger partial charge is 0.379 e. The molecule has 0 saturated carbocycles. The van der Waals surface area contributed by atoms with E-state index in [4.69, 9.17) is 11.6 Å². The maximum atomic E-state index is 6.30. The Kier molecular flexibility index (Phi) is 3.48. The molecule has 0 aliphatic rings. The van der Waals surface area contributed by atoms with Gasteiger partial charge in [0.2, 0.25) is 0 Å². The first kappa shape index (κ1) is 12.8. The van der Waals surface area contributed by atoms with Crippen molar-refractivity contribution >= 4 is 17.3 Å². The molecular formula is C15H15ClN4. The van der Waals surface area contributed by atoms with Crippen LogP contribution in [0.3, 0.4) is 0 Å². The number of aromatic nitrogens is 3. The Morgan fingerprint density at radius 3 is 2.80 bits per heavy atom. The third-order valence-corrected chi connectivity index (χ3v) is 3.40. The van der Waals surface area contributed by atoms with Crippen LogP contribution in [0.5, 0.6) is 0 Å². The second kappa shape index (κ2) is 5.43. The fourth-order valence-electron chi connectivity index (χ4n) is 2.15. The van der Waals surface area contributed by atoms with Crippen molar-refractivity contribution in [3.8, 4) is 5.69 Å². The van der Waals surface area contributed by atoms with E-state index < -0.39 is 0 Å². The molecule has 1 aromatic carbocycles. The molecule has 0 saturated heterocycles. The minimum absolute atomic E-state index is 0.673. The Bertz CT molecular complexity index is 700. The number of benzene rings is 1. The van der Waals surface area contributed by atoms with Gasteiger partial charge in [0.05, 0.1) is 10.7 Å². The maximum Gasteiger partial charge on any atom is 0.106 e. The summed E-state index contributed by atoms with van der Waals surface area (Å²) in [6.45, 7) is 0.745. The van der Waals surface area contributed by atoms with E-state index in [2.05, 4.69) is 22.7 Å². The molecule has 0 radical (unpaired) electrons. The highest BCUT2D eigenvalue weighted by molar-refractivity contribution is 6.33. The van der Waals surface area contributed by atoms with Crippen molar-refractivity contribution < 1.29 is 0 Å². The smallest absolute Gasteiger partial charge is 0.106 e. The van der Waals surface area contributed by atoms with Crippen LogP contribution in [0.2, 0.25) is 5.02 Å². The summed E-state index contributed by atoms with van der Waals surface area (Å²) in [4.78, 5) is 0. The molecule has 0 amide bonds. The Morgan fingerprint density at radius 2 is 2.10 bits per heavy atom. The first-order valence-corrected chi connectivity index (χ1v) is 6.75. The van der Waals surface area contributed by atoms with Gasteiger partial charge < -0.3 is 9.88 Å². The van der Waals surface area contributed by atoms with Gasteiger partial charge >= 0.3 is 0 Å². The van der Waals surface area contributed by atoms with E-state index in [-0.39, 0.29) is 0 Å². The molecule has 0 unspecified atom stereocenters. The third kappa shape index (κ3) is 2.56.